The molecule has 0 nitrogen and oxygen atoms in total. The Bertz CT molecular complexity index is 7920. The predicted octanol–water partition coefficient (Wildman–Crippen LogP) is 34.4. The summed E-state index contributed by atoms with van der Waals surface area (Å²) in [5, 5.41) is 28.0. The van der Waals surface area contributed by atoms with Crippen molar-refractivity contribution >= 4 is 118 Å². The number of hydrogen-bond donors (Lipinski definition) is 0. The second kappa shape index (κ2) is 31.5. The molecule has 24 rings (SSSR count). The van der Waals surface area contributed by atoms with Gasteiger partial charge < -0.3 is 0 Å². The molecule has 24 aromatic rings. The molecule has 0 spiro atoms. The van der Waals surface area contributed by atoms with Gasteiger partial charge in [-0.25, -0.2) is 0 Å². The van der Waals surface area contributed by atoms with Crippen LogP contribution in [-0.4, -0.2) is 0 Å². The highest BCUT2D eigenvalue weighted by Crippen LogP contribution is 2.50. The van der Waals surface area contributed by atoms with E-state index in [9.17, 15) is 0 Å². The molecule has 0 amide bonds. The van der Waals surface area contributed by atoms with Gasteiger partial charge in [0.25, 0.3) is 0 Å². The summed E-state index contributed by atoms with van der Waals surface area (Å²) in [6, 6.07) is 177. The maximum absolute atomic E-state index is 2.37. The summed E-state index contributed by atoms with van der Waals surface area (Å²) in [6.45, 7) is 0. The van der Waals surface area contributed by atoms with E-state index in [0.717, 1.165) is 0 Å². The molecular weight excluding hydrogens is 1470 g/mol. The average molecular weight is 1550 g/mol. The molecule has 0 heterocycles. The van der Waals surface area contributed by atoms with Crippen molar-refractivity contribution in [1.82, 2.24) is 0 Å². The molecule has 0 aliphatic rings. The van der Waals surface area contributed by atoms with E-state index < -0.39 is 0 Å². The summed E-state index contributed by atoms with van der Waals surface area (Å²) in [4.78, 5) is 0. The molecule has 0 aliphatic heterocycles. The summed E-state index contributed by atoms with van der Waals surface area (Å²) in [5.41, 5.74) is 25.1. The normalized spacial score (nSPS) is 11.4. The van der Waals surface area contributed by atoms with E-state index in [2.05, 4.69) is 485 Å². The van der Waals surface area contributed by atoms with Gasteiger partial charge in [0.15, 0.2) is 0 Å². The molecule has 0 N–H and O–H groups in total. The van der Waals surface area contributed by atoms with Gasteiger partial charge in [-0.15, -0.1) is 0 Å². The number of fused-ring (bicyclic) bond motifs is 11. The van der Waals surface area contributed by atoms with Crippen molar-refractivity contribution in [3.05, 3.63) is 485 Å². The molecule has 0 saturated heterocycles. The summed E-state index contributed by atoms with van der Waals surface area (Å²) in [7, 11) is 0. The Labute approximate surface area is 710 Å². The topological polar surface area (TPSA) is 0 Å². The number of benzene rings is 24. The zero-order chi connectivity index (χ0) is 80.8. The van der Waals surface area contributed by atoms with Crippen LogP contribution in [0.2, 0.25) is 0 Å². The van der Waals surface area contributed by atoms with E-state index in [1.54, 1.807) is 0 Å². The van der Waals surface area contributed by atoms with Gasteiger partial charge in [0.1, 0.15) is 0 Å². The van der Waals surface area contributed by atoms with Crippen LogP contribution in [0.1, 0.15) is 0 Å². The van der Waals surface area contributed by atoms with Crippen LogP contribution in [-0.2, 0) is 0 Å². The van der Waals surface area contributed by atoms with Gasteiger partial charge in [0.05, 0.1) is 0 Å². The van der Waals surface area contributed by atoms with Crippen LogP contribution < -0.4 is 0 Å². The molecule has 0 fully saturated rings. The second-order valence-electron chi connectivity index (χ2n) is 32.0. The summed E-state index contributed by atoms with van der Waals surface area (Å²) in [5.74, 6) is 0. The van der Waals surface area contributed by atoms with Gasteiger partial charge in [0, 0.05) is 0 Å². The fourth-order valence-electron chi connectivity index (χ4n) is 19.1. The third-order valence-electron chi connectivity index (χ3n) is 24.9. The molecule has 0 aromatic heterocycles. The Morgan fingerprint density at radius 2 is 0.287 bits per heavy atom. The minimum atomic E-state index is 1.22. The zero-order valence-electron chi connectivity index (χ0n) is 67.2. The first-order chi connectivity index (χ1) is 60.5. The lowest BCUT2D eigenvalue weighted by Crippen LogP contribution is -1.92. The molecule has 568 valence electrons. The molecule has 0 saturated carbocycles. The Morgan fingerprint density at radius 3 is 0.615 bits per heavy atom. The zero-order valence-corrected chi connectivity index (χ0v) is 67.2. The quantitative estimate of drug-likeness (QED) is 0.120. The SMILES string of the molecule is c1ccc(-c2cc(-c3ccccc3)cc(-c3c4ccccc4c(-c4ccc5ccccc5c4)c4ccccc34)c2)cc1.c1ccc2cc(-c3c4ccccc4c(-c4ccc(-c5cccc6ccccc56)cc4)c4ccccc34)ccc2c1.c1ccc2cc(-c3ccc(-c4c5ccccc5c(-c5ccc6ccccc6c5)c5ccccc45)cc3)ccc2c1. The van der Waals surface area contributed by atoms with Crippen molar-refractivity contribution in [3.8, 4) is 111 Å². The fourth-order valence-corrected chi connectivity index (χ4v) is 19.1. The van der Waals surface area contributed by atoms with Crippen molar-refractivity contribution in [3.63, 3.8) is 0 Å². The first kappa shape index (κ1) is 72.6. The first-order valence-electron chi connectivity index (χ1n) is 42.2. The lowest BCUT2D eigenvalue weighted by atomic mass is 9.84. The van der Waals surface area contributed by atoms with E-state index in [1.165, 1.54) is 230 Å². The molecular formula is C122H80. The molecule has 24 aromatic carbocycles. The Kier molecular flexibility index (Phi) is 18.8. The van der Waals surface area contributed by atoms with Crippen molar-refractivity contribution in [2.24, 2.45) is 0 Å². The molecule has 0 bridgehead atoms. The minimum absolute atomic E-state index is 1.22. The lowest BCUT2D eigenvalue weighted by molar-refractivity contribution is 1.58. The van der Waals surface area contributed by atoms with Crippen molar-refractivity contribution in [1.29, 1.82) is 0 Å². The second-order valence-corrected chi connectivity index (χ2v) is 32.0. The van der Waals surface area contributed by atoms with Gasteiger partial charge in [-0.05, 0) is 272 Å². The van der Waals surface area contributed by atoms with Gasteiger partial charge >= 0.3 is 0 Å². The van der Waals surface area contributed by atoms with E-state index in [4.69, 9.17) is 0 Å². The minimum Gasteiger partial charge on any atom is -0.0622 e. The maximum atomic E-state index is 2.37. The third-order valence-corrected chi connectivity index (χ3v) is 24.9. The van der Waals surface area contributed by atoms with Crippen molar-refractivity contribution < 1.29 is 0 Å². The fraction of sp³-hybridized carbons (Fsp3) is 0. The largest absolute Gasteiger partial charge is 0.0622 e. The van der Waals surface area contributed by atoms with Gasteiger partial charge in [0.2, 0.25) is 0 Å². The molecule has 0 radical (unpaired) electrons. The Hall–Kier alpha value is -15.9. The summed E-state index contributed by atoms with van der Waals surface area (Å²) >= 11 is 0. The van der Waals surface area contributed by atoms with E-state index >= 15 is 0 Å². The molecule has 0 atom stereocenters. The van der Waals surface area contributed by atoms with Crippen LogP contribution in [0, 0.1) is 0 Å². The molecule has 0 aliphatic carbocycles. The van der Waals surface area contributed by atoms with Crippen LogP contribution in [0.3, 0.4) is 0 Å². The third kappa shape index (κ3) is 13.4. The van der Waals surface area contributed by atoms with Gasteiger partial charge in [-0.3, -0.25) is 0 Å². The van der Waals surface area contributed by atoms with Crippen molar-refractivity contribution in [2.45, 2.75) is 0 Å². The standard InChI is InChI=1S/C42H28.2C40H26/c1-3-13-29(14-4-1)34-26-35(30-15-5-2-6-16-30)28-36(27-34)42-39-21-11-9-19-37(39)41(38-20-10-12-22-40(38)42)33-24-23-31-17-7-8-18-32(31)25-33;1-3-11-31-25-33(23-19-27(31)9-1)29-17-21-30(22-18-29)39-35-13-5-7-15-37(35)40(38-16-8-6-14-36(38)39)34-24-20-28-10-2-4-12-32(28)26-34;1-2-12-31-26-32(25-20-27(31)10-1)40-37-17-7-5-15-35(37)39(36-16-6-8-18-38(36)40)30-23-21-29(22-24-30)34-19-9-13-28-11-3-4-14-33(28)34/h1-28H;2*1-26H. The predicted molar refractivity (Wildman–Crippen MR) is 526 cm³/mol. The maximum Gasteiger partial charge on any atom is -0.00259 e. The van der Waals surface area contributed by atoms with E-state index in [0.29, 0.717) is 0 Å². The van der Waals surface area contributed by atoms with Crippen LogP contribution in [0.5, 0.6) is 0 Å². The summed E-state index contributed by atoms with van der Waals surface area (Å²) < 4.78 is 0. The highest BCUT2D eigenvalue weighted by molar-refractivity contribution is 6.25. The number of hydrogen-bond acceptors (Lipinski definition) is 0. The highest BCUT2D eigenvalue weighted by Gasteiger charge is 2.23. The van der Waals surface area contributed by atoms with E-state index in [-0.39, 0.29) is 0 Å². The average Bonchev–Trinajstić information content (AvgIpc) is 0.745. The number of rotatable bonds is 10. The first-order valence-corrected chi connectivity index (χ1v) is 42.2. The molecule has 0 heteroatoms. The van der Waals surface area contributed by atoms with Crippen LogP contribution in [0.4, 0.5) is 0 Å². The Balaban J connectivity index is 0.000000109. The van der Waals surface area contributed by atoms with E-state index in [1.807, 2.05) is 0 Å². The summed E-state index contributed by atoms with van der Waals surface area (Å²) in [6.07, 6.45) is 0. The van der Waals surface area contributed by atoms with Crippen molar-refractivity contribution in [2.75, 3.05) is 0 Å². The van der Waals surface area contributed by atoms with Gasteiger partial charge in [-0.2, -0.15) is 0 Å². The van der Waals surface area contributed by atoms with Crippen LogP contribution in [0.15, 0.2) is 485 Å². The molecule has 0 unspecified atom stereocenters. The van der Waals surface area contributed by atoms with Crippen LogP contribution >= 0.6 is 0 Å². The lowest BCUT2D eigenvalue weighted by Gasteiger charge is -2.19. The Morgan fingerprint density at radius 1 is 0.0820 bits per heavy atom. The van der Waals surface area contributed by atoms with Crippen LogP contribution in [0.25, 0.3) is 230 Å². The smallest absolute Gasteiger partial charge is 0.00259 e. The highest BCUT2D eigenvalue weighted by atomic mass is 14.3. The van der Waals surface area contributed by atoms with Gasteiger partial charge in [-0.1, -0.05) is 443 Å². The molecule has 122 heavy (non-hydrogen) atoms. The monoisotopic (exact) mass is 1540 g/mol.